The van der Waals surface area contributed by atoms with Gasteiger partial charge in [-0.2, -0.15) is 5.10 Å². The number of aromatic amines is 1. The number of anilines is 1. The van der Waals surface area contributed by atoms with Gasteiger partial charge < -0.3 is 35.2 Å². The zero-order chi connectivity index (χ0) is 30.2. The number of carbonyl (C=O) groups excluding carboxylic acids is 1. The van der Waals surface area contributed by atoms with Crippen LogP contribution in [-0.4, -0.2) is 87.1 Å². The van der Waals surface area contributed by atoms with Crippen molar-refractivity contribution in [2.45, 2.75) is 57.0 Å². The number of aliphatic hydroxyl groups is 2. The van der Waals surface area contributed by atoms with Crippen molar-refractivity contribution in [3.8, 4) is 0 Å². The van der Waals surface area contributed by atoms with Gasteiger partial charge in [-0.15, -0.1) is 0 Å². The molecule has 1 aliphatic rings. The van der Waals surface area contributed by atoms with E-state index in [2.05, 4.69) is 10.2 Å². The molecule has 4 atom stereocenters. The van der Waals surface area contributed by atoms with Crippen molar-refractivity contribution in [2.24, 2.45) is 0 Å². The zero-order valence-corrected chi connectivity index (χ0v) is 24.5. The molecule has 228 valence electrons. The molecule has 0 spiro atoms. The van der Waals surface area contributed by atoms with Crippen LogP contribution in [0.4, 0.5) is 10.6 Å². The fraction of sp³-hybridized carbons (Fsp3) is 0.394. The van der Waals surface area contributed by atoms with Gasteiger partial charge in [0.05, 0.1) is 24.2 Å². The van der Waals surface area contributed by atoms with Gasteiger partial charge in [-0.1, -0.05) is 66.7 Å². The highest BCUT2D eigenvalue weighted by Gasteiger charge is 2.46. The molecule has 1 aromatic heterocycles. The quantitative estimate of drug-likeness (QED) is 0.138. The first kappa shape index (κ1) is 30.5. The molecule has 2 amide bonds. The van der Waals surface area contributed by atoms with Crippen LogP contribution in [0.5, 0.6) is 0 Å². The average Bonchev–Trinajstić information content (AvgIpc) is 3.38. The second-order valence-electron chi connectivity index (χ2n) is 11.0. The molecule has 0 bridgehead atoms. The summed E-state index contributed by atoms with van der Waals surface area (Å²) in [5.74, 6) is 0.381. The average molecular weight is 588 g/mol. The van der Waals surface area contributed by atoms with Crippen LogP contribution >= 0.6 is 0 Å². The van der Waals surface area contributed by atoms with Crippen molar-refractivity contribution < 1.29 is 24.5 Å². The van der Waals surface area contributed by atoms with Gasteiger partial charge in [0.1, 0.15) is 19.0 Å². The molecule has 0 aliphatic carbocycles. The van der Waals surface area contributed by atoms with E-state index in [1.165, 1.54) is 0 Å². The lowest BCUT2D eigenvalue weighted by Gasteiger charge is -2.35. The number of aliphatic hydroxyl groups excluding tert-OH is 2. The van der Waals surface area contributed by atoms with Crippen molar-refractivity contribution in [3.05, 3.63) is 95.6 Å². The maximum Gasteiger partial charge on any atom is 0.321 e. The largest absolute Gasteiger partial charge is 0.388 e. The summed E-state index contributed by atoms with van der Waals surface area (Å²) in [6.07, 6.45) is -1.06. The Morgan fingerprint density at radius 3 is 2.12 bits per heavy atom. The normalized spacial score (nSPS) is 21.0. The first-order valence-corrected chi connectivity index (χ1v) is 14.9. The molecule has 0 saturated carbocycles. The summed E-state index contributed by atoms with van der Waals surface area (Å²) in [7, 11) is 0. The number of benzene rings is 3. The van der Waals surface area contributed by atoms with Gasteiger partial charge in [-0.05, 0) is 55.0 Å². The van der Waals surface area contributed by atoms with Crippen molar-refractivity contribution >= 4 is 22.8 Å². The number of nitrogen functional groups attached to an aromatic ring is 1. The molecule has 1 fully saturated rings. The molecule has 3 aromatic carbocycles. The van der Waals surface area contributed by atoms with E-state index in [0.29, 0.717) is 44.8 Å². The van der Waals surface area contributed by atoms with Crippen LogP contribution in [0.15, 0.2) is 78.9 Å². The van der Waals surface area contributed by atoms with E-state index in [1.54, 1.807) is 9.80 Å². The predicted molar refractivity (Wildman–Crippen MR) is 165 cm³/mol. The van der Waals surface area contributed by atoms with Crippen molar-refractivity contribution in [1.82, 2.24) is 20.0 Å². The van der Waals surface area contributed by atoms with Crippen LogP contribution in [0.3, 0.4) is 0 Å². The lowest BCUT2D eigenvalue weighted by atomic mass is 9.91. The highest BCUT2D eigenvalue weighted by atomic mass is 16.7. The van der Waals surface area contributed by atoms with Gasteiger partial charge in [-0.3, -0.25) is 5.10 Å². The van der Waals surface area contributed by atoms with Crippen LogP contribution in [0.25, 0.3) is 10.9 Å². The predicted octanol–water partition coefficient (Wildman–Crippen LogP) is 3.73. The molecule has 4 aromatic rings. The first-order valence-electron chi connectivity index (χ1n) is 14.9. The van der Waals surface area contributed by atoms with Crippen molar-refractivity contribution in [1.29, 1.82) is 0 Å². The van der Waals surface area contributed by atoms with E-state index in [4.69, 9.17) is 15.2 Å². The van der Waals surface area contributed by atoms with Crippen molar-refractivity contribution in [3.63, 3.8) is 0 Å². The third-order valence-corrected chi connectivity index (χ3v) is 8.07. The second kappa shape index (κ2) is 14.5. The summed E-state index contributed by atoms with van der Waals surface area (Å²) in [5, 5.41) is 31.4. The number of carbonyl (C=O) groups is 1. The van der Waals surface area contributed by atoms with Crippen LogP contribution < -0.4 is 5.73 Å². The SMILES string of the molecule is CCOCOCCCN1C(=O)N(Cc2ccc3[nH]nc(N)c3c2)[C@H](Cc2ccccc2)[C@H](O)[C@@H](O)[C@H]1Cc1ccccc1. The van der Waals surface area contributed by atoms with Gasteiger partial charge >= 0.3 is 6.03 Å². The number of urea groups is 1. The number of nitrogens with two attached hydrogens (primary N) is 1. The molecule has 43 heavy (non-hydrogen) atoms. The maximum absolute atomic E-state index is 14.6. The Kier molecular flexibility index (Phi) is 10.3. The molecule has 10 heteroatoms. The standard InChI is InChI=1S/C33H41N5O5/c1-2-42-22-43-17-9-16-37-28(19-23-10-5-3-6-11-23)30(39)31(40)29(20-24-12-7-4-8-13-24)38(33(37)41)21-25-14-15-27-26(18-25)32(34)36-35-27/h3-8,10-15,18,28-31,39-40H,2,9,16-17,19-22H2,1H3,(H3,34,35,36)/t28-,29-,30+,31+/m1/s1. The van der Waals surface area contributed by atoms with Gasteiger partial charge in [0.2, 0.25) is 0 Å². The molecule has 0 unspecified atom stereocenters. The molecular formula is C33H41N5O5. The van der Waals surface area contributed by atoms with E-state index < -0.39 is 24.3 Å². The number of hydrogen-bond acceptors (Lipinski definition) is 7. The summed E-state index contributed by atoms with van der Waals surface area (Å²) in [6.45, 7) is 3.60. The Morgan fingerprint density at radius 1 is 0.860 bits per heavy atom. The summed E-state index contributed by atoms with van der Waals surface area (Å²) in [5.41, 5.74) is 9.66. The topological polar surface area (TPSA) is 137 Å². The first-order chi connectivity index (χ1) is 21.0. The Hall–Kier alpha value is -3.96. The van der Waals surface area contributed by atoms with E-state index in [-0.39, 0.29) is 19.4 Å². The van der Waals surface area contributed by atoms with Gasteiger partial charge in [0.25, 0.3) is 0 Å². The molecule has 5 N–H and O–H groups in total. The third-order valence-electron chi connectivity index (χ3n) is 8.07. The molecule has 2 heterocycles. The minimum atomic E-state index is -1.19. The number of amides is 2. The van der Waals surface area contributed by atoms with Crippen LogP contribution in [-0.2, 0) is 28.9 Å². The maximum atomic E-state index is 14.6. The highest BCUT2D eigenvalue weighted by Crippen LogP contribution is 2.30. The minimum absolute atomic E-state index is 0.185. The number of hydrogen-bond donors (Lipinski definition) is 4. The monoisotopic (exact) mass is 587 g/mol. The molecule has 0 radical (unpaired) electrons. The summed E-state index contributed by atoms with van der Waals surface area (Å²) in [4.78, 5) is 18.0. The zero-order valence-electron chi connectivity index (χ0n) is 24.5. The molecule has 1 aliphatic heterocycles. The molecule has 10 nitrogen and oxygen atoms in total. The Balaban J connectivity index is 1.50. The highest BCUT2D eigenvalue weighted by molar-refractivity contribution is 5.89. The fourth-order valence-corrected chi connectivity index (χ4v) is 5.81. The number of ether oxygens (including phenoxy) is 2. The van der Waals surface area contributed by atoms with Crippen LogP contribution in [0, 0.1) is 0 Å². The Morgan fingerprint density at radius 2 is 1.49 bits per heavy atom. The van der Waals surface area contributed by atoms with Crippen LogP contribution in [0.2, 0.25) is 0 Å². The van der Waals surface area contributed by atoms with E-state index in [1.807, 2.05) is 85.8 Å². The van der Waals surface area contributed by atoms with Gasteiger partial charge in [-0.25, -0.2) is 4.79 Å². The number of nitrogens with zero attached hydrogens (tertiary/aromatic N) is 3. The Labute approximate surface area is 252 Å². The summed E-state index contributed by atoms with van der Waals surface area (Å²) >= 11 is 0. The molecule has 5 rings (SSSR count). The van der Waals surface area contributed by atoms with E-state index >= 15 is 0 Å². The molecular weight excluding hydrogens is 546 g/mol. The molecule has 1 saturated heterocycles. The second-order valence-corrected chi connectivity index (χ2v) is 11.0. The number of rotatable bonds is 13. The third kappa shape index (κ3) is 7.34. The number of H-pyrrole nitrogens is 1. The van der Waals surface area contributed by atoms with Gasteiger partial charge in [0.15, 0.2) is 5.82 Å². The van der Waals surface area contributed by atoms with Crippen LogP contribution in [0.1, 0.15) is 30.0 Å². The number of aromatic nitrogens is 2. The van der Waals surface area contributed by atoms with Crippen molar-refractivity contribution in [2.75, 3.05) is 32.3 Å². The lowest BCUT2D eigenvalue weighted by molar-refractivity contribution is -0.0542. The number of nitrogens with one attached hydrogen (secondary N) is 1. The summed E-state index contributed by atoms with van der Waals surface area (Å²) in [6, 6.07) is 23.7. The fourth-order valence-electron chi connectivity index (χ4n) is 5.81. The Bertz CT molecular complexity index is 1450. The summed E-state index contributed by atoms with van der Waals surface area (Å²) < 4.78 is 10.9. The van der Waals surface area contributed by atoms with E-state index in [0.717, 1.165) is 27.6 Å². The lowest BCUT2D eigenvalue weighted by Crippen LogP contribution is -2.51. The number of fused-ring (bicyclic) bond motifs is 1. The minimum Gasteiger partial charge on any atom is -0.388 e. The smallest absolute Gasteiger partial charge is 0.321 e. The van der Waals surface area contributed by atoms with E-state index in [9.17, 15) is 15.0 Å². The van der Waals surface area contributed by atoms with Gasteiger partial charge in [0, 0.05) is 25.1 Å².